The minimum atomic E-state index is -2.91. The molecular weight excluding hydrogens is 486 g/mol. The topological polar surface area (TPSA) is 115 Å². The first-order valence-electron chi connectivity index (χ1n) is 12.2. The standard InChI is InChI=1S/C24H32F2N8OS/c1-36-34-13-17(14-34)30-23-31-20(29-16-3-2-4-18(11-16)35-22(25)26)19(12-27)21(32-23)33-9-5-15(6-10-33)24(28)7-8-24/h2-4,11-12,15,17,22,27H,5-10,13-14,28H2,1H3,(H2,29,30,31,32). The number of alkyl halides is 2. The molecule has 0 bridgehead atoms. The summed E-state index contributed by atoms with van der Waals surface area (Å²) >= 11 is 1.70. The number of benzene rings is 1. The van der Waals surface area contributed by atoms with E-state index in [2.05, 4.69) is 29.6 Å². The summed E-state index contributed by atoms with van der Waals surface area (Å²) in [5.41, 5.74) is 7.55. The molecule has 0 spiro atoms. The van der Waals surface area contributed by atoms with Gasteiger partial charge in [0.2, 0.25) is 5.95 Å². The van der Waals surface area contributed by atoms with Crippen LogP contribution in [0.4, 0.5) is 32.1 Å². The average molecular weight is 519 g/mol. The fourth-order valence-electron chi connectivity index (χ4n) is 4.96. The van der Waals surface area contributed by atoms with E-state index < -0.39 is 6.61 Å². The molecular formula is C24H32F2N8OS. The van der Waals surface area contributed by atoms with Crippen LogP contribution in [0.2, 0.25) is 0 Å². The number of nitrogens with zero attached hydrogens (tertiary/aromatic N) is 4. The molecule has 0 radical (unpaired) electrons. The Labute approximate surface area is 213 Å². The van der Waals surface area contributed by atoms with Crippen LogP contribution in [-0.4, -0.2) is 71.1 Å². The van der Waals surface area contributed by atoms with Gasteiger partial charge in [-0.1, -0.05) is 18.0 Å². The van der Waals surface area contributed by atoms with E-state index in [4.69, 9.17) is 16.1 Å². The predicted octanol–water partition coefficient (Wildman–Crippen LogP) is 3.90. The Hall–Kier alpha value is -2.70. The first-order chi connectivity index (χ1) is 17.4. The molecule has 0 amide bonds. The molecule has 2 aliphatic heterocycles. The van der Waals surface area contributed by atoms with Gasteiger partial charge in [0, 0.05) is 49.7 Å². The van der Waals surface area contributed by atoms with E-state index in [9.17, 15) is 8.78 Å². The second-order valence-corrected chi connectivity index (χ2v) is 10.6. The summed E-state index contributed by atoms with van der Waals surface area (Å²) < 4.78 is 32.2. The van der Waals surface area contributed by atoms with E-state index >= 15 is 0 Å². The molecule has 2 aromatic rings. The van der Waals surface area contributed by atoms with E-state index in [-0.39, 0.29) is 17.3 Å². The Morgan fingerprint density at radius 1 is 1.25 bits per heavy atom. The predicted molar refractivity (Wildman–Crippen MR) is 140 cm³/mol. The van der Waals surface area contributed by atoms with Crippen LogP contribution in [0, 0.1) is 11.3 Å². The van der Waals surface area contributed by atoms with Crippen molar-refractivity contribution < 1.29 is 13.5 Å². The first kappa shape index (κ1) is 25.0. The van der Waals surface area contributed by atoms with Crippen LogP contribution < -0.4 is 26.0 Å². The van der Waals surface area contributed by atoms with Crippen molar-refractivity contribution in [2.75, 3.05) is 48.0 Å². The number of piperidine rings is 1. The second-order valence-electron chi connectivity index (χ2n) is 9.67. The number of rotatable bonds is 10. The van der Waals surface area contributed by atoms with Crippen molar-refractivity contribution in [1.29, 1.82) is 5.41 Å². The molecule has 3 fully saturated rings. The molecule has 1 aliphatic carbocycles. The number of anilines is 4. The van der Waals surface area contributed by atoms with E-state index in [1.807, 2.05) is 6.26 Å². The maximum absolute atomic E-state index is 12.7. The van der Waals surface area contributed by atoms with Gasteiger partial charge in [0.05, 0.1) is 11.6 Å². The number of halogens is 2. The van der Waals surface area contributed by atoms with Crippen molar-refractivity contribution in [3.8, 4) is 5.75 Å². The van der Waals surface area contributed by atoms with Crippen LogP contribution in [0.25, 0.3) is 0 Å². The monoisotopic (exact) mass is 518 g/mol. The smallest absolute Gasteiger partial charge is 0.387 e. The highest BCUT2D eigenvalue weighted by Gasteiger charge is 2.46. The average Bonchev–Trinajstić information content (AvgIpc) is 3.59. The summed E-state index contributed by atoms with van der Waals surface area (Å²) in [6.07, 6.45) is 7.47. The van der Waals surface area contributed by atoms with Crippen LogP contribution in [0.5, 0.6) is 5.75 Å². The Morgan fingerprint density at radius 2 is 2.00 bits per heavy atom. The fourth-order valence-corrected chi connectivity index (χ4v) is 5.62. The molecule has 3 aliphatic rings. The quantitative estimate of drug-likeness (QED) is 0.275. The van der Waals surface area contributed by atoms with Gasteiger partial charge in [0.25, 0.3) is 0 Å². The first-order valence-corrected chi connectivity index (χ1v) is 13.4. The van der Waals surface area contributed by atoms with Crippen LogP contribution >= 0.6 is 11.9 Å². The number of aromatic nitrogens is 2. The number of hydrogen-bond donors (Lipinski definition) is 4. The van der Waals surface area contributed by atoms with Crippen LogP contribution in [0.1, 0.15) is 31.2 Å². The molecule has 3 heterocycles. The second kappa shape index (κ2) is 10.3. The molecule has 36 heavy (non-hydrogen) atoms. The van der Waals surface area contributed by atoms with Gasteiger partial charge in [-0.2, -0.15) is 18.7 Å². The largest absolute Gasteiger partial charge is 0.435 e. The Balaban J connectivity index is 1.42. The third kappa shape index (κ3) is 5.50. The van der Waals surface area contributed by atoms with E-state index in [0.29, 0.717) is 34.8 Å². The third-order valence-corrected chi connectivity index (χ3v) is 8.08. The number of hydrogen-bond acceptors (Lipinski definition) is 10. The Kier molecular flexibility index (Phi) is 7.18. The molecule has 9 nitrogen and oxygen atoms in total. The van der Waals surface area contributed by atoms with Crippen molar-refractivity contribution in [3.63, 3.8) is 0 Å². The summed E-state index contributed by atoms with van der Waals surface area (Å²) in [6, 6.07) is 6.55. The van der Waals surface area contributed by atoms with Gasteiger partial charge in [-0.3, -0.25) is 0 Å². The van der Waals surface area contributed by atoms with Gasteiger partial charge >= 0.3 is 6.61 Å². The van der Waals surface area contributed by atoms with Crippen LogP contribution in [-0.2, 0) is 0 Å². The molecule has 5 rings (SSSR count). The number of nitrogens with two attached hydrogens (primary N) is 1. The minimum absolute atomic E-state index is 0.000270. The van der Waals surface area contributed by atoms with Gasteiger partial charge in [0.15, 0.2) is 0 Å². The third-order valence-electron chi connectivity index (χ3n) is 7.27. The zero-order valence-electron chi connectivity index (χ0n) is 20.2. The number of ether oxygens (including phenoxy) is 1. The van der Waals surface area contributed by atoms with Crippen molar-refractivity contribution >= 4 is 41.4 Å². The summed E-state index contributed by atoms with van der Waals surface area (Å²) in [5, 5.41) is 14.8. The highest BCUT2D eigenvalue weighted by molar-refractivity contribution is 7.96. The maximum atomic E-state index is 12.7. The zero-order chi connectivity index (χ0) is 25.3. The number of nitrogens with one attached hydrogen (secondary N) is 3. The summed E-state index contributed by atoms with van der Waals surface area (Å²) in [7, 11) is 0. The molecule has 1 aromatic carbocycles. The molecule has 194 valence electrons. The molecule has 1 saturated carbocycles. The van der Waals surface area contributed by atoms with Crippen LogP contribution in [0.15, 0.2) is 24.3 Å². The summed E-state index contributed by atoms with van der Waals surface area (Å²) in [5.74, 6) is 2.16. The lowest BCUT2D eigenvalue weighted by atomic mass is 9.88. The van der Waals surface area contributed by atoms with Crippen LogP contribution in [0.3, 0.4) is 0 Å². The van der Waals surface area contributed by atoms with Gasteiger partial charge < -0.3 is 31.4 Å². The molecule has 1 aromatic heterocycles. The molecule has 12 heteroatoms. The van der Waals surface area contributed by atoms with Gasteiger partial charge in [-0.05, 0) is 50.0 Å². The normalized spacial score (nSPS) is 20.2. The van der Waals surface area contributed by atoms with E-state index in [1.54, 1.807) is 24.1 Å². The zero-order valence-corrected chi connectivity index (χ0v) is 21.0. The SMILES string of the molecule is CSN1CC(Nc2nc(Nc3cccc(OC(F)F)c3)c(C=N)c(N3CCC(C4(N)CC4)CC3)n2)C1. The van der Waals surface area contributed by atoms with Crippen molar-refractivity contribution in [3.05, 3.63) is 29.8 Å². The lowest BCUT2D eigenvalue weighted by Gasteiger charge is -2.38. The van der Waals surface area contributed by atoms with Crippen molar-refractivity contribution in [2.45, 2.75) is 43.9 Å². The fraction of sp³-hybridized carbons (Fsp3) is 0.542. The molecule has 2 saturated heterocycles. The molecule has 0 atom stereocenters. The van der Waals surface area contributed by atoms with E-state index in [1.165, 1.54) is 18.3 Å². The summed E-state index contributed by atoms with van der Waals surface area (Å²) in [4.78, 5) is 11.7. The van der Waals surface area contributed by atoms with Crippen molar-refractivity contribution in [1.82, 2.24) is 14.3 Å². The summed E-state index contributed by atoms with van der Waals surface area (Å²) in [6.45, 7) is 0.467. The highest BCUT2D eigenvalue weighted by atomic mass is 32.2. The lowest BCUT2D eigenvalue weighted by Crippen LogP contribution is -2.51. The van der Waals surface area contributed by atoms with Gasteiger partial charge in [-0.15, -0.1) is 0 Å². The minimum Gasteiger partial charge on any atom is -0.435 e. The van der Waals surface area contributed by atoms with Gasteiger partial charge in [0.1, 0.15) is 17.4 Å². The lowest BCUT2D eigenvalue weighted by molar-refractivity contribution is -0.0498. The Bertz CT molecular complexity index is 1090. The maximum Gasteiger partial charge on any atom is 0.387 e. The Morgan fingerprint density at radius 3 is 2.64 bits per heavy atom. The molecule has 0 unspecified atom stereocenters. The molecule has 5 N–H and O–H groups in total. The van der Waals surface area contributed by atoms with Crippen molar-refractivity contribution in [2.24, 2.45) is 11.7 Å². The van der Waals surface area contributed by atoms with Gasteiger partial charge in [-0.25, -0.2) is 4.31 Å². The highest BCUT2D eigenvalue weighted by Crippen LogP contribution is 2.45. The van der Waals surface area contributed by atoms with E-state index in [0.717, 1.165) is 51.9 Å².